The fourth-order valence-electron chi connectivity index (χ4n) is 2.62. The van der Waals surface area contributed by atoms with Crippen LogP contribution in [-0.4, -0.2) is 4.98 Å². The van der Waals surface area contributed by atoms with Crippen molar-refractivity contribution >= 4 is 11.3 Å². The molecule has 1 aromatic rings. The SMILES string of the molecule is CC1CCCC(C#N)(Cc2cncs2)C1. The maximum atomic E-state index is 9.39. The Morgan fingerprint density at radius 2 is 2.60 bits per heavy atom. The third kappa shape index (κ3) is 2.38. The number of nitrogens with zero attached hydrogens (tertiary/aromatic N) is 2. The molecule has 2 atom stereocenters. The molecule has 0 spiro atoms. The van der Waals surface area contributed by atoms with Crippen LogP contribution in [0.25, 0.3) is 0 Å². The smallest absolute Gasteiger partial charge is 0.0794 e. The number of hydrogen-bond donors (Lipinski definition) is 0. The Balaban J connectivity index is 2.12. The van der Waals surface area contributed by atoms with Crippen LogP contribution in [0.1, 0.15) is 37.5 Å². The Morgan fingerprint density at radius 1 is 1.73 bits per heavy atom. The summed E-state index contributed by atoms with van der Waals surface area (Å²) in [5.41, 5.74) is 1.75. The van der Waals surface area contributed by atoms with Gasteiger partial charge in [0.15, 0.2) is 0 Å². The molecule has 0 radical (unpaired) electrons. The molecular weight excluding hydrogens is 204 g/mol. The molecule has 1 aliphatic rings. The van der Waals surface area contributed by atoms with E-state index in [1.165, 1.54) is 17.7 Å². The van der Waals surface area contributed by atoms with Gasteiger partial charge in [-0.25, -0.2) is 0 Å². The first-order valence-corrected chi connectivity index (χ1v) is 6.41. The molecule has 0 amide bonds. The second-order valence-electron chi connectivity index (χ2n) is 4.74. The minimum absolute atomic E-state index is 0.107. The topological polar surface area (TPSA) is 36.7 Å². The van der Waals surface area contributed by atoms with Crippen molar-refractivity contribution in [3.63, 3.8) is 0 Å². The van der Waals surface area contributed by atoms with E-state index >= 15 is 0 Å². The van der Waals surface area contributed by atoms with E-state index in [2.05, 4.69) is 18.0 Å². The maximum absolute atomic E-state index is 9.39. The van der Waals surface area contributed by atoms with Crippen molar-refractivity contribution in [1.82, 2.24) is 4.98 Å². The largest absolute Gasteiger partial charge is 0.253 e. The van der Waals surface area contributed by atoms with E-state index in [9.17, 15) is 5.26 Å². The van der Waals surface area contributed by atoms with Crippen LogP contribution >= 0.6 is 11.3 Å². The molecule has 80 valence electrons. The van der Waals surface area contributed by atoms with Gasteiger partial charge in [0.05, 0.1) is 17.0 Å². The van der Waals surface area contributed by atoms with Crippen LogP contribution < -0.4 is 0 Å². The normalized spacial score (nSPS) is 31.1. The Labute approximate surface area is 95.0 Å². The van der Waals surface area contributed by atoms with Crippen LogP contribution in [0.2, 0.25) is 0 Å². The van der Waals surface area contributed by atoms with Gasteiger partial charge in [0.2, 0.25) is 0 Å². The second-order valence-corrected chi connectivity index (χ2v) is 5.71. The van der Waals surface area contributed by atoms with E-state index in [1.807, 2.05) is 11.7 Å². The van der Waals surface area contributed by atoms with E-state index in [-0.39, 0.29) is 5.41 Å². The quantitative estimate of drug-likeness (QED) is 0.766. The highest BCUT2D eigenvalue weighted by Gasteiger charge is 2.35. The van der Waals surface area contributed by atoms with Gasteiger partial charge in [-0.15, -0.1) is 11.3 Å². The number of hydrogen-bond acceptors (Lipinski definition) is 3. The van der Waals surface area contributed by atoms with Gasteiger partial charge in [-0.3, -0.25) is 4.98 Å². The number of nitriles is 1. The zero-order valence-corrected chi connectivity index (χ0v) is 9.89. The average Bonchev–Trinajstić information content (AvgIpc) is 2.70. The van der Waals surface area contributed by atoms with Crippen molar-refractivity contribution in [3.8, 4) is 6.07 Å². The minimum Gasteiger partial charge on any atom is -0.253 e. The fourth-order valence-corrected chi connectivity index (χ4v) is 3.36. The lowest BCUT2D eigenvalue weighted by Gasteiger charge is -2.33. The molecule has 3 heteroatoms. The van der Waals surface area contributed by atoms with Crippen molar-refractivity contribution in [2.75, 3.05) is 0 Å². The van der Waals surface area contributed by atoms with Crippen LogP contribution in [0.15, 0.2) is 11.7 Å². The van der Waals surface area contributed by atoms with Crippen LogP contribution in [0, 0.1) is 22.7 Å². The van der Waals surface area contributed by atoms with Crippen molar-refractivity contribution < 1.29 is 0 Å². The van der Waals surface area contributed by atoms with Crippen molar-refractivity contribution in [2.24, 2.45) is 11.3 Å². The van der Waals surface area contributed by atoms with E-state index < -0.39 is 0 Å². The molecule has 1 saturated carbocycles. The zero-order valence-electron chi connectivity index (χ0n) is 9.07. The first-order valence-electron chi connectivity index (χ1n) is 5.53. The highest BCUT2D eigenvalue weighted by molar-refractivity contribution is 7.09. The first kappa shape index (κ1) is 10.6. The summed E-state index contributed by atoms with van der Waals surface area (Å²) in [6.07, 6.45) is 7.41. The molecule has 15 heavy (non-hydrogen) atoms. The van der Waals surface area contributed by atoms with Gasteiger partial charge in [-0.2, -0.15) is 5.26 Å². The predicted octanol–water partition coefficient (Wildman–Crippen LogP) is 3.41. The molecule has 0 N–H and O–H groups in total. The monoisotopic (exact) mass is 220 g/mol. The Hall–Kier alpha value is -0.880. The van der Waals surface area contributed by atoms with Crippen LogP contribution in [0.4, 0.5) is 0 Å². The molecule has 1 heterocycles. The van der Waals surface area contributed by atoms with Gasteiger partial charge < -0.3 is 0 Å². The molecule has 1 aromatic heterocycles. The van der Waals surface area contributed by atoms with Gasteiger partial charge in [-0.1, -0.05) is 19.8 Å². The molecule has 1 aliphatic carbocycles. The van der Waals surface area contributed by atoms with Gasteiger partial charge in [0, 0.05) is 17.5 Å². The van der Waals surface area contributed by atoms with E-state index in [4.69, 9.17) is 0 Å². The molecule has 0 aromatic carbocycles. The Kier molecular flexibility index (Phi) is 3.06. The molecule has 1 fully saturated rings. The second kappa shape index (κ2) is 4.32. The lowest BCUT2D eigenvalue weighted by Crippen LogP contribution is -2.28. The highest BCUT2D eigenvalue weighted by atomic mass is 32.1. The zero-order chi connectivity index (χ0) is 10.7. The van der Waals surface area contributed by atoms with Crippen molar-refractivity contribution in [3.05, 3.63) is 16.6 Å². The molecule has 0 saturated heterocycles. The fraction of sp³-hybridized carbons (Fsp3) is 0.667. The molecule has 0 bridgehead atoms. The number of aromatic nitrogens is 1. The van der Waals surface area contributed by atoms with Gasteiger partial charge in [0.1, 0.15) is 0 Å². The third-order valence-corrected chi connectivity index (χ3v) is 4.10. The summed E-state index contributed by atoms with van der Waals surface area (Å²) in [5, 5.41) is 9.39. The first-order chi connectivity index (χ1) is 7.24. The molecule has 2 rings (SSSR count). The van der Waals surface area contributed by atoms with Crippen molar-refractivity contribution in [2.45, 2.75) is 39.0 Å². The number of rotatable bonds is 2. The standard InChI is InChI=1S/C12H16N2S/c1-10-3-2-4-12(5-10,8-13)6-11-7-14-9-15-11/h7,9-10H,2-6H2,1H3. The van der Waals surface area contributed by atoms with E-state index in [0.717, 1.165) is 19.3 Å². The summed E-state index contributed by atoms with van der Waals surface area (Å²) in [6.45, 7) is 2.26. The van der Waals surface area contributed by atoms with Crippen LogP contribution in [-0.2, 0) is 6.42 Å². The lowest BCUT2D eigenvalue weighted by molar-refractivity contribution is 0.210. The summed E-state index contributed by atoms with van der Waals surface area (Å²) in [6, 6.07) is 2.56. The summed E-state index contributed by atoms with van der Waals surface area (Å²) in [7, 11) is 0. The average molecular weight is 220 g/mol. The summed E-state index contributed by atoms with van der Waals surface area (Å²) < 4.78 is 0. The lowest BCUT2D eigenvalue weighted by atomic mass is 9.69. The molecule has 2 unspecified atom stereocenters. The maximum Gasteiger partial charge on any atom is 0.0794 e. The van der Waals surface area contributed by atoms with Gasteiger partial charge in [0.25, 0.3) is 0 Å². The third-order valence-electron chi connectivity index (χ3n) is 3.32. The van der Waals surface area contributed by atoms with Crippen LogP contribution in [0.3, 0.4) is 0 Å². The van der Waals surface area contributed by atoms with Gasteiger partial charge in [-0.05, 0) is 18.8 Å². The van der Waals surface area contributed by atoms with E-state index in [1.54, 1.807) is 11.3 Å². The Morgan fingerprint density at radius 3 is 3.20 bits per heavy atom. The Bertz CT molecular complexity index is 352. The summed E-state index contributed by atoms with van der Waals surface area (Å²) >= 11 is 1.67. The predicted molar refractivity (Wildman–Crippen MR) is 61.5 cm³/mol. The highest BCUT2D eigenvalue weighted by Crippen LogP contribution is 2.41. The molecule has 2 nitrogen and oxygen atoms in total. The molecular formula is C12H16N2S. The summed E-state index contributed by atoms with van der Waals surface area (Å²) in [5.74, 6) is 0.700. The van der Waals surface area contributed by atoms with E-state index in [0.29, 0.717) is 5.92 Å². The molecule has 0 aliphatic heterocycles. The summed E-state index contributed by atoms with van der Waals surface area (Å²) in [4.78, 5) is 5.34. The van der Waals surface area contributed by atoms with Crippen molar-refractivity contribution in [1.29, 1.82) is 5.26 Å². The van der Waals surface area contributed by atoms with Gasteiger partial charge >= 0.3 is 0 Å². The number of thiazole rings is 1. The minimum atomic E-state index is -0.107. The van der Waals surface area contributed by atoms with Crippen LogP contribution in [0.5, 0.6) is 0 Å².